The van der Waals surface area contributed by atoms with Crippen molar-refractivity contribution in [3.8, 4) is 0 Å². The number of non-ortho nitro benzene ring substituents is 1. The fourth-order valence-corrected chi connectivity index (χ4v) is 6.37. The summed E-state index contributed by atoms with van der Waals surface area (Å²) >= 11 is 8.57. The van der Waals surface area contributed by atoms with Gasteiger partial charge in [-0.3, -0.25) is 29.4 Å². The Balaban J connectivity index is 1.38. The van der Waals surface area contributed by atoms with E-state index in [0.29, 0.717) is 18.4 Å². The predicted octanol–water partition coefficient (Wildman–Crippen LogP) is 2.85. The fourth-order valence-electron chi connectivity index (χ4n) is 4.17. The summed E-state index contributed by atoms with van der Waals surface area (Å²) in [6.07, 6.45) is 0.140. The Morgan fingerprint density at radius 3 is 2.65 bits per heavy atom. The van der Waals surface area contributed by atoms with Crippen molar-refractivity contribution < 1.29 is 43.2 Å². The van der Waals surface area contributed by atoms with E-state index in [9.17, 15) is 34.1 Å². The smallest absolute Gasteiger partial charge is 0.407 e. The Morgan fingerprint density at radius 2 is 1.98 bits per heavy atom. The number of benzene rings is 1. The number of halogens is 1. The largest absolute Gasteiger partial charge is 0.456 e. The van der Waals surface area contributed by atoms with Crippen molar-refractivity contribution in [3.63, 3.8) is 0 Å². The van der Waals surface area contributed by atoms with Crippen molar-refractivity contribution in [2.75, 3.05) is 24.2 Å². The number of nitrogens with one attached hydrogen (secondary N) is 3. The number of ether oxygens (including phenoxy) is 2. The number of β-lactam (4-membered cyclic amide) rings is 1. The molecule has 1 fully saturated rings. The third-order valence-electron chi connectivity index (χ3n) is 6.30. The second-order valence-electron chi connectivity index (χ2n) is 11.0. The maximum Gasteiger partial charge on any atom is 0.407 e. The van der Waals surface area contributed by atoms with Gasteiger partial charge in [-0.15, -0.1) is 23.1 Å². The van der Waals surface area contributed by atoms with Gasteiger partial charge in [0.15, 0.2) is 10.8 Å². The van der Waals surface area contributed by atoms with Crippen LogP contribution >= 0.6 is 34.7 Å². The predicted molar refractivity (Wildman–Crippen MR) is 174 cm³/mol. The summed E-state index contributed by atoms with van der Waals surface area (Å²) < 4.78 is 10.5. The first-order valence-corrected chi connectivity index (χ1v) is 16.5. The lowest BCUT2D eigenvalue weighted by Gasteiger charge is -2.49. The molecule has 2 aliphatic rings. The van der Waals surface area contributed by atoms with Gasteiger partial charge in [-0.2, -0.15) is 0 Å². The highest BCUT2D eigenvalue weighted by Crippen LogP contribution is 2.41. The van der Waals surface area contributed by atoms with E-state index in [1.807, 2.05) is 0 Å². The average molecular weight is 724 g/mol. The maximum atomic E-state index is 13.4. The Labute approximate surface area is 286 Å². The van der Waals surface area contributed by atoms with Crippen LogP contribution in [0.3, 0.4) is 0 Å². The summed E-state index contributed by atoms with van der Waals surface area (Å²) in [4.78, 5) is 83.3. The van der Waals surface area contributed by atoms with E-state index in [-0.39, 0.29) is 58.5 Å². The van der Waals surface area contributed by atoms with Crippen LogP contribution in [0.15, 0.2) is 45.5 Å². The van der Waals surface area contributed by atoms with E-state index >= 15 is 0 Å². The molecule has 0 spiro atoms. The van der Waals surface area contributed by atoms with Gasteiger partial charge in [0, 0.05) is 36.2 Å². The molecule has 4 amide bonds. The highest BCUT2D eigenvalue weighted by molar-refractivity contribution is 8.00. The molecule has 17 nitrogen and oxygen atoms in total. The number of hydrogen-bond acceptors (Lipinski definition) is 14. The highest BCUT2D eigenvalue weighted by Gasteiger charge is 2.54. The van der Waals surface area contributed by atoms with Gasteiger partial charge in [-0.1, -0.05) is 16.8 Å². The van der Waals surface area contributed by atoms with Gasteiger partial charge in [-0.25, -0.2) is 14.6 Å². The number of thiazole rings is 1. The number of hydrogen-bond donors (Lipinski definition) is 3. The number of nitrogens with zero attached hydrogens (tertiary/aromatic N) is 4. The zero-order valence-corrected chi connectivity index (χ0v) is 28.1. The molecule has 256 valence electrons. The van der Waals surface area contributed by atoms with Crippen LogP contribution < -0.4 is 16.0 Å². The second kappa shape index (κ2) is 15.9. The van der Waals surface area contributed by atoms with Crippen LogP contribution in [0.1, 0.15) is 38.4 Å². The third-order valence-corrected chi connectivity index (χ3v) is 8.82. The van der Waals surface area contributed by atoms with E-state index in [1.165, 1.54) is 41.4 Å². The number of fused-ring (bicyclic) bond motifs is 1. The molecule has 2 aliphatic heterocycles. The first kappa shape index (κ1) is 36.1. The van der Waals surface area contributed by atoms with Crippen LogP contribution in [0, 0.1) is 10.1 Å². The normalized spacial score (nSPS) is 17.5. The minimum absolute atomic E-state index is 0.000582. The molecule has 2 aromatic rings. The zero-order chi connectivity index (χ0) is 35.0. The molecule has 0 bridgehead atoms. The van der Waals surface area contributed by atoms with Crippen LogP contribution in [-0.2, 0) is 40.1 Å². The van der Waals surface area contributed by atoms with Crippen molar-refractivity contribution in [1.82, 2.24) is 20.5 Å². The molecule has 1 aromatic carbocycles. The molecule has 0 radical (unpaired) electrons. The summed E-state index contributed by atoms with van der Waals surface area (Å²) in [5.74, 6) is -2.17. The summed E-state index contributed by atoms with van der Waals surface area (Å²) in [5.41, 5.74) is -0.686. The summed E-state index contributed by atoms with van der Waals surface area (Å²) in [5, 5.41) is 23.4. The molecule has 1 unspecified atom stereocenters. The summed E-state index contributed by atoms with van der Waals surface area (Å²) in [7, 11) is 0. The number of oxime groups is 1. The third kappa shape index (κ3) is 9.20. The standard InChI is InChI=1S/C28H30ClN7O10S2/c1-28(2,3)46-27(41)30-9-4-10-45-34-19(18-13-48-26(32-18)31-14-37)22(38)33-20-23(39)35-21(17(29)12-47-24(20)35)25(40)44-11-15-5-7-16(8-6-15)36(42)43/h5-8,13-14,20,24H,4,9-12H2,1-3H3,(H,30,41)(H,33,38)(H,31,32,37)/b34-19-/t20?,24-/m1/s1. The lowest BCUT2D eigenvalue weighted by atomic mass is 10.0. The number of nitro groups is 1. The molecule has 4 rings (SSSR count). The van der Waals surface area contributed by atoms with Crippen molar-refractivity contribution in [2.24, 2.45) is 5.16 Å². The van der Waals surface area contributed by atoms with Gasteiger partial charge < -0.3 is 30.3 Å². The zero-order valence-electron chi connectivity index (χ0n) is 25.7. The fraction of sp³-hybridized carbons (Fsp3) is 0.393. The number of esters is 1. The molecular formula is C28H30ClN7O10S2. The van der Waals surface area contributed by atoms with E-state index in [0.717, 1.165) is 16.2 Å². The highest BCUT2D eigenvalue weighted by atomic mass is 35.5. The number of carbonyl (C=O) groups excluding carboxylic acids is 5. The minimum Gasteiger partial charge on any atom is -0.456 e. The molecule has 20 heteroatoms. The first-order chi connectivity index (χ1) is 22.8. The van der Waals surface area contributed by atoms with Gasteiger partial charge in [0.1, 0.15) is 41.6 Å². The van der Waals surface area contributed by atoms with Crippen LogP contribution in [0.4, 0.5) is 15.6 Å². The number of thioether (sulfide) groups is 1. The number of rotatable bonds is 14. The Bertz CT molecular complexity index is 1640. The van der Waals surface area contributed by atoms with E-state index in [1.54, 1.807) is 20.8 Å². The van der Waals surface area contributed by atoms with Crippen molar-refractivity contribution in [1.29, 1.82) is 0 Å². The molecular weight excluding hydrogens is 694 g/mol. The van der Waals surface area contributed by atoms with Gasteiger partial charge in [0.05, 0.1) is 9.96 Å². The first-order valence-electron chi connectivity index (χ1n) is 14.2. The quantitative estimate of drug-likeness (QED) is 0.0487. The Morgan fingerprint density at radius 1 is 1.25 bits per heavy atom. The molecule has 1 aromatic heterocycles. The Hall–Kier alpha value is -4.75. The van der Waals surface area contributed by atoms with Gasteiger partial charge >= 0.3 is 12.1 Å². The number of amides is 4. The van der Waals surface area contributed by atoms with Gasteiger partial charge in [0.2, 0.25) is 6.41 Å². The molecule has 0 saturated carbocycles. The van der Waals surface area contributed by atoms with Gasteiger partial charge in [0.25, 0.3) is 17.5 Å². The second-order valence-corrected chi connectivity index (χ2v) is 13.4. The van der Waals surface area contributed by atoms with Crippen LogP contribution in [-0.4, -0.2) is 86.7 Å². The lowest BCUT2D eigenvalue weighted by molar-refractivity contribution is -0.384. The van der Waals surface area contributed by atoms with E-state index in [4.69, 9.17) is 25.9 Å². The number of nitro benzene ring substituents is 1. The molecule has 3 N–H and O–H groups in total. The van der Waals surface area contributed by atoms with Crippen molar-refractivity contribution >= 4 is 81.5 Å². The number of aromatic nitrogens is 1. The van der Waals surface area contributed by atoms with Crippen molar-refractivity contribution in [2.45, 2.75) is 50.8 Å². The average Bonchev–Trinajstić information content (AvgIpc) is 3.49. The number of carbonyl (C=O) groups is 5. The molecule has 2 atom stereocenters. The van der Waals surface area contributed by atoms with Crippen LogP contribution in [0.2, 0.25) is 0 Å². The number of alkyl carbamates (subject to hydrolysis) is 1. The molecule has 48 heavy (non-hydrogen) atoms. The molecule has 3 heterocycles. The van der Waals surface area contributed by atoms with Crippen LogP contribution in [0.5, 0.6) is 0 Å². The molecule has 1 saturated heterocycles. The van der Waals surface area contributed by atoms with Crippen LogP contribution in [0.25, 0.3) is 0 Å². The SMILES string of the molecule is CC(C)(C)OC(=O)NCCCO/N=C(\C(=O)NC1C(=O)N2C(C(=O)OCc3ccc([N+](=O)[O-])cc3)=C(Cl)CS[C@H]12)c1csc(NC=O)n1. The van der Waals surface area contributed by atoms with Gasteiger partial charge in [-0.05, 0) is 38.5 Å². The monoisotopic (exact) mass is 723 g/mol. The Kier molecular flexibility index (Phi) is 12.0. The van der Waals surface area contributed by atoms with E-state index in [2.05, 4.69) is 26.1 Å². The minimum atomic E-state index is -1.07. The van der Waals surface area contributed by atoms with Crippen molar-refractivity contribution in [3.05, 3.63) is 61.7 Å². The summed E-state index contributed by atoms with van der Waals surface area (Å²) in [6.45, 7) is 5.18. The lowest BCUT2D eigenvalue weighted by Crippen LogP contribution is -2.71. The number of anilines is 1. The topological polar surface area (TPSA) is 221 Å². The summed E-state index contributed by atoms with van der Waals surface area (Å²) in [6, 6.07) is 4.34. The van der Waals surface area contributed by atoms with E-state index < -0.39 is 45.8 Å². The maximum absolute atomic E-state index is 13.4. The molecule has 0 aliphatic carbocycles.